The summed E-state index contributed by atoms with van der Waals surface area (Å²) < 4.78 is 52.5. The Morgan fingerprint density at radius 3 is 2.50 bits per heavy atom. The number of hydrogen-bond acceptors (Lipinski definition) is 9. The maximum atomic E-state index is 13.7. The van der Waals surface area contributed by atoms with Crippen molar-refractivity contribution in [3.05, 3.63) is 65.9 Å². The van der Waals surface area contributed by atoms with Crippen molar-refractivity contribution in [1.82, 2.24) is 20.0 Å². The molecule has 2 aromatic heterocycles. The molecule has 1 aliphatic heterocycles. The fraction of sp³-hybridized carbons (Fsp3) is 0.364. The van der Waals surface area contributed by atoms with Crippen LogP contribution in [0.4, 0.5) is 13.2 Å². The van der Waals surface area contributed by atoms with Crippen LogP contribution in [0.3, 0.4) is 0 Å². The number of aliphatic hydroxyl groups is 3. The van der Waals surface area contributed by atoms with E-state index in [4.69, 9.17) is 9.47 Å². The summed E-state index contributed by atoms with van der Waals surface area (Å²) in [5.74, 6) is -6.07. The highest BCUT2D eigenvalue weighted by atomic mass is 19.2. The van der Waals surface area contributed by atoms with Gasteiger partial charge in [-0.3, -0.25) is 4.98 Å². The van der Waals surface area contributed by atoms with Crippen molar-refractivity contribution in [2.75, 3.05) is 6.61 Å². The number of hydrogen-bond donors (Lipinski definition) is 4. The number of rotatable bonds is 8. The second-order valence-electron chi connectivity index (χ2n) is 8.02. The van der Waals surface area contributed by atoms with E-state index >= 15 is 0 Å². The van der Waals surface area contributed by atoms with Crippen molar-refractivity contribution in [2.45, 2.75) is 43.2 Å². The maximum Gasteiger partial charge on any atom is 0.335 e. The van der Waals surface area contributed by atoms with Crippen LogP contribution in [0.15, 0.2) is 42.7 Å². The van der Waals surface area contributed by atoms with E-state index in [0.717, 1.165) is 10.9 Å². The Balaban J connectivity index is 1.62. The van der Waals surface area contributed by atoms with E-state index in [2.05, 4.69) is 15.3 Å². The Morgan fingerprint density at radius 2 is 1.89 bits per heavy atom. The molecular weight excluding hydrogens is 489 g/mol. The Morgan fingerprint density at radius 1 is 1.17 bits per heavy atom. The number of aliphatic carboxylic acids is 1. The van der Waals surface area contributed by atoms with E-state index in [1.165, 1.54) is 6.20 Å². The van der Waals surface area contributed by atoms with Gasteiger partial charge >= 0.3 is 5.97 Å². The smallest absolute Gasteiger partial charge is 0.335 e. The number of ether oxygens (including phenoxy) is 2. The van der Waals surface area contributed by atoms with Gasteiger partial charge in [0.05, 0.1) is 25.1 Å². The number of benzene rings is 1. The first kappa shape index (κ1) is 25.7. The zero-order chi connectivity index (χ0) is 26.0. The number of pyridine rings is 1. The number of carboxylic acid groups (broad SMARTS) is 1. The van der Waals surface area contributed by atoms with E-state index in [1.54, 1.807) is 18.2 Å². The van der Waals surface area contributed by atoms with Gasteiger partial charge in [0.15, 0.2) is 23.6 Å². The highest BCUT2D eigenvalue weighted by molar-refractivity contribution is 5.73. The fourth-order valence-electron chi connectivity index (χ4n) is 3.92. The summed E-state index contributed by atoms with van der Waals surface area (Å²) in [7, 11) is 0. The van der Waals surface area contributed by atoms with Crippen LogP contribution >= 0.6 is 0 Å². The molecule has 0 bridgehead atoms. The highest BCUT2D eigenvalue weighted by Gasteiger charge is 2.50. The van der Waals surface area contributed by atoms with Crippen LogP contribution in [0, 0.1) is 17.5 Å². The lowest BCUT2D eigenvalue weighted by atomic mass is 9.90. The van der Waals surface area contributed by atoms with Gasteiger partial charge in [-0.05, 0) is 24.3 Å². The quantitative estimate of drug-likeness (QED) is 0.313. The topological polar surface area (TPSA) is 160 Å². The molecule has 14 heteroatoms. The van der Waals surface area contributed by atoms with Gasteiger partial charge in [0, 0.05) is 11.8 Å². The van der Waals surface area contributed by atoms with Gasteiger partial charge in [0.2, 0.25) is 0 Å². The number of carboxylic acids is 1. The van der Waals surface area contributed by atoms with Crippen molar-refractivity contribution < 1.29 is 47.9 Å². The van der Waals surface area contributed by atoms with E-state index in [0.29, 0.717) is 17.8 Å². The molecule has 1 aromatic carbocycles. The summed E-state index contributed by atoms with van der Waals surface area (Å²) in [5.41, 5.74) is 0.104. The van der Waals surface area contributed by atoms with Crippen LogP contribution in [0.25, 0.3) is 11.3 Å². The Bertz CT molecular complexity index is 1190. The molecule has 0 saturated carbocycles. The summed E-state index contributed by atoms with van der Waals surface area (Å²) >= 11 is 0. The molecule has 3 aromatic rings. The second kappa shape index (κ2) is 10.7. The number of aliphatic hydroxyl groups excluding tert-OH is 3. The Kier molecular flexibility index (Phi) is 7.61. The number of nitrogens with zero attached hydrogens (tertiary/aromatic N) is 4. The van der Waals surface area contributed by atoms with Gasteiger partial charge in [0.25, 0.3) is 0 Å². The highest BCUT2D eigenvalue weighted by Crippen LogP contribution is 2.33. The molecule has 36 heavy (non-hydrogen) atoms. The largest absolute Gasteiger partial charge is 0.479 e. The summed E-state index contributed by atoms with van der Waals surface area (Å²) in [6.45, 7) is -0.986. The van der Waals surface area contributed by atoms with Crippen LogP contribution in [-0.4, -0.2) is 83.5 Å². The van der Waals surface area contributed by atoms with Gasteiger partial charge in [0.1, 0.15) is 36.2 Å². The molecule has 1 aliphatic rings. The fourth-order valence-corrected chi connectivity index (χ4v) is 3.92. The number of aromatic nitrogens is 4. The molecule has 0 radical (unpaired) electrons. The van der Waals surface area contributed by atoms with E-state index < -0.39 is 66.6 Å². The van der Waals surface area contributed by atoms with E-state index in [-0.39, 0.29) is 17.9 Å². The van der Waals surface area contributed by atoms with Gasteiger partial charge in [-0.25, -0.2) is 22.6 Å². The summed E-state index contributed by atoms with van der Waals surface area (Å²) in [5, 5.41) is 48.7. The number of halogens is 3. The Hall–Kier alpha value is -3.43. The first-order valence-electron chi connectivity index (χ1n) is 10.6. The second-order valence-corrected chi connectivity index (χ2v) is 8.02. The van der Waals surface area contributed by atoms with Crippen LogP contribution < -0.4 is 0 Å². The predicted molar refractivity (Wildman–Crippen MR) is 113 cm³/mol. The molecule has 0 amide bonds. The molecule has 192 valence electrons. The van der Waals surface area contributed by atoms with Crippen molar-refractivity contribution in [3.8, 4) is 11.3 Å². The lowest BCUT2D eigenvalue weighted by molar-refractivity contribution is -0.239. The Labute approximate surface area is 201 Å². The third kappa shape index (κ3) is 5.08. The van der Waals surface area contributed by atoms with Crippen LogP contribution in [-0.2, 0) is 20.9 Å². The molecule has 2 unspecified atom stereocenters. The molecule has 1 fully saturated rings. The molecule has 4 N–H and O–H groups in total. The maximum absolute atomic E-state index is 13.7. The van der Waals surface area contributed by atoms with Crippen molar-refractivity contribution >= 4 is 5.97 Å². The molecule has 6 atom stereocenters. The van der Waals surface area contributed by atoms with Gasteiger partial charge < -0.3 is 29.9 Å². The third-order valence-electron chi connectivity index (χ3n) is 5.70. The SMILES string of the molecule is O=C(O)[C@@H](OCc1ccccn1)[C@@H]1OC(CO)[C@H](O)[C@H](n2cc(-c3cc(F)c(F)c(F)c3)nn2)C1O. The first-order chi connectivity index (χ1) is 17.2. The minimum Gasteiger partial charge on any atom is -0.479 e. The summed E-state index contributed by atoms with van der Waals surface area (Å²) in [6, 6.07) is 4.90. The summed E-state index contributed by atoms with van der Waals surface area (Å²) in [4.78, 5) is 16.0. The third-order valence-corrected chi connectivity index (χ3v) is 5.70. The molecule has 1 saturated heterocycles. The van der Waals surface area contributed by atoms with Crippen LogP contribution in [0.2, 0.25) is 0 Å². The number of carbonyl (C=O) groups is 1. The van der Waals surface area contributed by atoms with Gasteiger partial charge in [-0.1, -0.05) is 11.3 Å². The molecule has 11 nitrogen and oxygen atoms in total. The minimum absolute atomic E-state index is 0.128. The van der Waals surface area contributed by atoms with Gasteiger partial charge in [-0.15, -0.1) is 5.10 Å². The van der Waals surface area contributed by atoms with Crippen molar-refractivity contribution in [3.63, 3.8) is 0 Å². The summed E-state index contributed by atoms with van der Waals surface area (Å²) in [6.07, 6.45) is -5.41. The molecule has 0 aliphatic carbocycles. The van der Waals surface area contributed by atoms with Crippen molar-refractivity contribution in [2.24, 2.45) is 0 Å². The predicted octanol–water partition coefficient (Wildman–Crippen LogP) is 0.450. The lowest BCUT2D eigenvalue weighted by Crippen LogP contribution is -2.60. The molecule has 4 rings (SSSR count). The normalized spacial score (nSPS) is 25.0. The average Bonchev–Trinajstić information content (AvgIpc) is 3.34. The van der Waals surface area contributed by atoms with Crippen LogP contribution in [0.5, 0.6) is 0 Å². The zero-order valence-electron chi connectivity index (χ0n) is 18.4. The zero-order valence-corrected chi connectivity index (χ0v) is 18.4. The lowest BCUT2D eigenvalue weighted by Gasteiger charge is -2.43. The average molecular weight is 510 g/mol. The first-order valence-corrected chi connectivity index (χ1v) is 10.6. The monoisotopic (exact) mass is 510 g/mol. The minimum atomic E-state index is -1.75. The van der Waals surface area contributed by atoms with Gasteiger partial charge in [-0.2, -0.15) is 0 Å². The van der Waals surface area contributed by atoms with Crippen LogP contribution in [0.1, 0.15) is 11.7 Å². The molecular formula is C22H21F3N4O7. The van der Waals surface area contributed by atoms with E-state index in [9.17, 15) is 38.4 Å². The standard InChI is InChI=1S/C22H21F3N4O7/c23-12-5-10(6-13(24)16(12)25)14-7-29(28-27-14)17-18(31)15(8-30)36-20(19(17)32)21(22(33)34)35-9-11-3-1-2-4-26-11/h1-7,15,17-21,30-32H,8-9H2,(H,33,34)/t15?,17-,18-,19?,20+,21-/m0/s1. The van der Waals surface area contributed by atoms with Crippen molar-refractivity contribution in [1.29, 1.82) is 0 Å². The molecule has 0 spiro atoms. The van der Waals surface area contributed by atoms with E-state index in [1.807, 2.05) is 0 Å². The molecule has 3 heterocycles.